The van der Waals surface area contributed by atoms with Crippen molar-refractivity contribution < 1.29 is 0 Å². The lowest BCUT2D eigenvalue weighted by atomic mass is 10.2. The van der Waals surface area contributed by atoms with E-state index in [0.717, 1.165) is 5.36 Å². The van der Waals surface area contributed by atoms with Crippen molar-refractivity contribution in [3.8, 4) is 0 Å². The molecule has 0 radical (unpaired) electrons. The maximum absolute atomic E-state index is 4.52. The quantitative estimate of drug-likeness (QED) is 0.534. The van der Waals surface area contributed by atoms with Crippen molar-refractivity contribution in [2.24, 2.45) is 4.99 Å². The molecule has 0 bridgehead atoms. The first-order valence-corrected chi connectivity index (χ1v) is 4.14. The second-order valence-electron chi connectivity index (χ2n) is 3.11. The summed E-state index contributed by atoms with van der Waals surface area (Å²) in [6, 6.07) is 8.19. The van der Waals surface area contributed by atoms with E-state index < -0.39 is 0 Å². The molecule has 62 valence electrons. The third-order valence-corrected chi connectivity index (χ3v) is 2.19. The third-order valence-electron chi connectivity index (χ3n) is 2.19. The number of para-hydroxylation sites is 1. The Hall–Kier alpha value is -1.31. The Morgan fingerprint density at radius 2 is 2.08 bits per heavy atom. The SMILES string of the molecule is CC1N=c2ccccc2=CN1C. The molecular formula is C10H12N2. The predicted molar refractivity (Wildman–Crippen MR) is 48.9 cm³/mol. The maximum Gasteiger partial charge on any atom is 0.118 e. The summed E-state index contributed by atoms with van der Waals surface area (Å²) in [4.78, 5) is 6.63. The monoisotopic (exact) mass is 160 g/mol. The van der Waals surface area contributed by atoms with Crippen LogP contribution in [0, 0.1) is 0 Å². The highest BCUT2D eigenvalue weighted by Crippen LogP contribution is 1.97. The minimum atomic E-state index is 0.264. The number of fused-ring (bicyclic) bond motifs is 1. The molecule has 1 atom stereocenters. The van der Waals surface area contributed by atoms with Gasteiger partial charge in [0.2, 0.25) is 0 Å². The van der Waals surface area contributed by atoms with Crippen LogP contribution in [0.3, 0.4) is 0 Å². The van der Waals surface area contributed by atoms with Crippen molar-refractivity contribution in [2.45, 2.75) is 13.1 Å². The van der Waals surface area contributed by atoms with Crippen LogP contribution in [-0.4, -0.2) is 18.1 Å². The summed E-state index contributed by atoms with van der Waals surface area (Å²) < 4.78 is 0. The van der Waals surface area contributed by atoms with Gasteiger partial charge in [-0.15, -0.1) is 0 Å². The van der Waals surface area contributed by atoms with Crippen LogP contribution in [0.4, 0.5) is 0 Å². The lowest BCUT2D eigenvalue weighted by molar-refractivity contribution is 0.381. The number of hydrogen-bond donors (Lipinski definition) is 0. The Labute approximate surface area is 71.9 Å². The summed E-state index contributed by atoms with van der Waals surface area (Å²) in [6.07, 6.45) is 2.40. The molecule has 0 aromatic heterocycles. The van der Waals surface area contributed by atoms with E-state index in [9.17, 15) is 0 Å². The molecule has 0 aliphatic carbocycles. The fraction of sp³-hybridized carbons (Fsp3) is 0.300. The molecule has 1 aliphatic rings. The van der Waals surface area contributed by atoms with Gasteiger partial charge in [-0.05, 0) is 13.0 Å². The maximum atomic E-state index is 4.52. The first-order chi connectivity index (χ1) is 5.77. The first kappa shape index (κ1) is 7.35. The second kappa shape index (κ2) is 2.63. The fourth-order valence-electron chi connectivity index (χ4n) is 1.33. The minimum Gasteiger partial charge on any atom is -0.359 e. The standard InChI is InChI=1S/C10H12N2/c1-8-11-10-6-4-3-5-9(10)7-12(8)2/h3-8H,1-2H3. The molecule has 2 rings (SSSR count). The van der Waals surface area contributed by atoms with Crippen molar-refractivity contribution in [2.75, 3.05) is 7.05 Å². The summed E-state index contributed by atoms with van der Waals surface area (Å²) in [7, 11) is 2.05. The molecule has 1 aromatic rings. The average molecular weight is 160 g/mol. The van der Waals surface area contributed by atoms with E-state index in [2.05, 4.69) is 35.1 Å². The number of hydrogen-bond acceptors (Lipinski definition) is 2. The van der Waals surface area contributed by atoms with Crippen LogP contribution in [0.5, 0.6) is 0 Å². The zero-order valence-corrected chi connectivity index (χ0v) is 7.36. The van der Waals surface area contributed by atoms with Gasteiger partial charge in [0.15, 0.2) is 0 Å². The van der Waals surface area contributed by atoms with Crippen molar-refractivity contribution in [1.82, 2.24) is 4.90 Å². The molecule has 1 aromatic carbocycles. The van der Waals surface area contributed by atoms with Gasteiger partial charge in [0, 0.05) is 18.5 Å². The summed E-state index contributed by atoms with van der Waals surface area (Å²) in [5.41, 5.74) is 0. The Morgan fingerprint density at radius 1 is 1.33 bits per heavy atom. The van der Waals surface area contributed by atoms with Gasteiger partial charge in [-0.2, -0.15) is 0 Å². The van der Waals surface area contributed by atoms with E-state index in [4.69, 9.17) is 0 Å². The molecule has 0 amide bonds. The lowest BCUT2D eigenvalue weighted by Gasteiger charge is -2.21. The molecule has 1 unspecified atom stereocenters. The van der Waals surface area contributed by atoms with Crippen LogP contribution < -0.4 is 10.6 Å². The molecular weight excluding hydrogens is 148 g/mol. The van der Waals surface area contributed by atoms with E-state index in [-0.39, 0.29) is 6.17 Å². The number of benzene rings is 1. The summed E-state index contributed by atoms with van der Waals surface area (Å²) >= 11 is 0. The number of nitrogens with zero attached hydrogens (tertiary/aromatic N) is 2. The van der Waals surface area contributed by atoms with E-state index >= 15 is 0 Å². The van der Waals surface area contributed by atoms with Gasteiger partial charge in [0.1, 0.15) is 6.17 Å². The first-order valence-electron chi connectivity index (χ1n) is 4.14. The van der Waals surface area contributed by atoms with Crippen LogP contribution in [-0.2, 0) is 0 Å². The summed E-state index contributed by atoms with van der Waals surface area (Å²) in [6.45, 7) is 2.09. The summed E-state index contributed by atoms with van der Waals surface area (Å²) in [5, 5.41) is 2.31. The predicted octanol–water partition coefficient (Wildman–Crippen LogP) is 0.336. The molecule has 12 heavy (non-hydrogen) atoms. The van der Waals surface area contributed by atoms with Crippen LogP contribution >= 0.6 is 0 Å². The smallest absolute Gasteiger partial charge is 0.118 e. The van der Waals surface area contributed by atoms with Crippen molar-refractivity contribution in [1.29, 1.82) is 0 Å². The molecule has 1 aliphatic heterocycles. The van der Waals surface area contributed by atoms with Crippen LogP contribution in [0.1, 0.15) is 6.92 Å². The Bertz CT molecular complexity index is 356. The molecule has 0 spiro atoms. The zero-order chi connectivity index (χ0) is 8.55. The van der Waals surface area contributed by atoms with Crippen LogP contribution in [0.15, 0.2) is 29.3 Å². The van der Waals surface area contributed by atoms with E-state index in [1.807, 2.05) is 19.2 Å². The minimum absolute atomic E-state index is 0.264. The molecule has 1 heterocycles. The lowest BCUT2D eigenvalue weighted by Crippen LogP contribution is -2.38. The zero-order valence-electron chi connectivity index (χ0n) is 7.36. The molecule has 0 N–H and O–H groups in total. The van der Waals surface area contributed by atoms with Crippen LogP contribution in [0.25, 0.3) is 6.20 Å². The topological polar surface area (TPSA) is 15.6 Å². The van der Waals surface area contributed by atoms with Crippen molar-refractivity contribution in [3.63, 3.8) is 0 Å². The van der Waals surface area contributed by atoms with E-state index in [1.54, 1.807) is 0 Å². The Kier molecular flexibility index (Phi) is 1.61. The van der Waals surface area contributed by atoms with Gasteiger partial charge in [-0.3, -0.25) is 4.99 Å². The second-order valence-corrected chi connectivity index (χ2v) is 3.11. The Morgan fingerprint density at radius 3 is 2.92 bits per heavy atom. The summed E-state index contributed by atoms with van der Waals surface area (Å²) in [5.74, 6) is 0. The van der Waals surface area contributed by atoms with Crippen molar-refractivity contribution >= 4 is 6.20 Å². The highest BCUT2D eigenvalue weighted by Gasteiger charge is 2.05. The Balaban J connectivity index is 2.70. The largest absolute Gasteiger partial charge is 0.359 e. The van der Waals surface area contributed by atoms with Crippen molar-refractivity contribution in [3.05, 3.63) is 34.8 Å². The van der Waals surface area contributed by atoms with Gasteiger partial charge in [-0.1, -0.05) is 18.2 Å². The molecule has 0 saturated heterocycles. The molecule has 2 heteroatoms. The normalized spacial score (nSPS) is 20.8. The molecule has 2 nitrogen and oxygen atoms in total. The van der Waals surface area contributed by atoms with Crippen LogP contribution in [0.2, 0.25) is 0 Å². The van der Waals surface area contributed by atoms with Gasteiger partial charge >= 0.3 is 0 Å². The number of rotatable bonds is 0. The van der Waals surface area contributed by atoms with Gasteiger partial charge < -0.3 is 4.90 Å². The molecule has 0 saturated carbocycles. The van der Waals surface area contributed by atoms with Gasteiger partial charge in [0.25, 0.3) is 0 Å². The van der Waals surface area contributed by atoms with E-state index in [0.29, 0.717) is 0 Å². The third kappa shape index (κ3) is 1.09. The highest BCUT2D eigenvalue weighted by atomic mass is 15.2. The van der Waals surface area contributed by atoms with Gasteiger partial charge in [-0.25, -0.2) is 0 Å². The highest BCUT2D eigenvalue weighted by molar-refractivity contribution is 5.24. The van der Waals surface area contributed by atoms with E-state index in [1.165, 1.54) is 5.22 Å². The molecule has 0 fully saturated rings. The fourth-order valence-corrected chi connectivity index (χ4v) is 1.33. The average Bonchev–Trinajstić information content (AvgIpc) is 2.07. The van der Waals surface area contributed by atoms with Gasteiger partial charge in [0.05, 0.1) is 5.36 Å².